The number of hydrogen-bond donors (Lipinski definition) is 1. The second kappa shape index (κ2) is 7.45. The molecular weight excluding hydrogens is 248 g/mol. The number of carboxylic acids is 1. The van der Waals surface area contributed by atoms with E-state index in [9.17, 15) is 9.59 Å². The summed E-state index contributed by atoms with van der Waals surface area (Å²) in [7, 11) is 0. The summed E-state index contributed by atoms with van der Waals surface area (Å²) in [6, 6.07) is 3.27. The third kappa shape index (κ3) is 4.65. The highest BCUT2D eigenvalue weighted by Gasteiger charge is 2.21. The van der Waals surface area contributed by atoms with Gasteiger partial charge in [0, 0.05) is 13.1 Å². The van der Waals surface area contributed by atoms with Gasteiger partial charge in [0.1, 0.15) is 12.3 Å². The summed E-state index contributed by atoms with van der Waals surface area (Å²) < 4.78 is 5.21. The Morgan fingerprint density at radius 1 is 1.32 bits per heavy atom. The third-order valence-electron chi connectivity index (χ3n) is 2.67. The number of furan rings is 1. The summed E-state index contributed by atoms with van der Waals surface area (Å²) in [6.45, 7) is 4.76. The lowest BCUT2D eigenvalue weighted by atomic mass is 10.3. The number of carbonyl (C=O) groups excluding carboxylic acids is 1. The molecule has 6 heteroatoms. The first kappa shape index (κ1) is 15.1. The van der Waals surface area contributed by atoms with Crippen LogP contribution in [-0.2, 0) is 11.3 Å². The molecule has 19 heavy (non-hydrogen) atoms. The first-order valence-corrected chi connectivity index (χ1v) is 6.36. The molecule has 0 spiro atoms. The van der Waals surface area contributed by atoms with Crippen molar-refractivity contribution in [1.82, 2.24) is 9.80 Å². The first-order chi connectivity index (χ1) is 9.08. The lowest BCUT2D eigenvalue weighted by molar-refractivity contribution is -0.137. The van der Waals surface area contributed by atoms with Gasteiger partial charge in [-0.2, -0.15) is 0 Å². The highest BCUT2D eigenvalue weighted by Crippen LogP contribution is 2.08. The Kier molecular flexibility index (Phi) is 5.92. The van der Waals surface area contributed by atoms with E-state index in [4.69, 9.17) is 9.52 Å². The van der Waals surface area contributed by atoms with Crippen LogP contribution in [0.15, 0.2) is 22.8 Å². The van der Waals surface area contributed by atoms with Crippen LogP contribution in [0.3, 0.4) is 0 Å². The van der Waals surface area contributed by atoms with Gasteiger partial charge >= 0.3 is 12.0 Å². The first-order valence-electron chi connectivity index (χ1n) is 6.36. The van der Waals surface area contributed by atoms with Crippen LogP contribution in [-0.4, -0.2) is 46.5 Å². The molecule has 0 aliphatic carbocycles. The monoisotopic (exact) mass is 268 g/mol. The molecule has 6 nitrogen and oxygen atoms in total. The fourth-order valence-electron chi connectivity index (χ4n) is 1.78. The Balaban J connectivity index is 2.70. The molecule has 1 rings (SSSR count). The Morgan fingerprint density at radius 3 is 2.53 bits per heavy atom. The van der Waals surface area contributed by atoms with Gasteiger partial charge in [-0.15, -0.1) is 0 Å². The van der Waals surface area contributed by atoms with Crippen LogP contribution in [0.5, 0.6) is 0 Å². The topological polar surface area (TPSA) is 74.0 Å². The van der Waals surface area contributed by atoms with Crippen LogP contribution in [0.25, 0.3) is 0 Å². The van der Waals surface area contributed by atoms with E-state index in [1.807, 2.05) is 13.8 Å². The molecule has 0 atom stereocenters. The fraction of sp³-hybridized carbons (Fsp3) is 0.538. The van der Waals surface area contributed by atoms with E-state index in [1.165, 1.54) is 4.90 Å². The van der Waals surface area contributed by atoms with Gasteiger partial charge in [-0.25, -0.2) is 4.79 Å². The van der Waals surface area contributed by atoms with Crippen LogP contribution in [0.1, 0.15) is 26.0 Å². The number of carboxylic acid groups (broad SMARTS) is 1. The summed E-state index contributed by atoms with van der Waals surface area (Å²) in [6.07, 6.45) is 2.27. The van der Waals surface area contributed by atoms with Gasteiger partial charge in [-0.3, -0.25) is 4.79 Å². The number of urea groups is 1. The van der Waals surface area contributed by atoms with Crippen molar-refractivity contribution in [3.05, 3.63) is 24.2 Å². The van der Waals surface area contributed by atoms with Crippen molar-refractivity contribution in [3.63, 3.8) is 0 Å². The Hall–Kier alpha value is -1.98. The molecular formula is C13H20N2O4. The summed E-state index contributed by atoms with van der Waals surface area (Å²) in [4.78, 5) is 26.0. The number of hydrogen-bond acceptors (Lipinski definition) is 3. The van der Waals surface area contributed by atoms with Crippen LogP contribution < -0.4 is 0 Å². The summed E-state index contributed by atoms with van der Waals surface area (Å²) >= 11 is 0. The van der Waals surface area contributed by atoms with Gasteiger partial charge < -0.3 is 19.3 Å². The van der Waals surface area contributed by atoms with Crippen molar-refractivity contribution in [2.24, 2.45) is 0 Å². The molecule has 0 unspecified atom stereocenters. The maximum absolute atomic E-state index is 12.3. The fourth-order valence-corrected chi connectivity index (χ4v) is 1.78. The Labute approximate surface area is 112 Å². The van der Waals surface area contributed by atoms with E-state index < -0.39 is 5.97 Å². The molecule has 106 valence electrons. The van der Waals surface area contributed by atoms with Crippen LogP contribution in [0.4, 0.5) is 4.79 Å². The second-order valence-corrected chi connectivity index (χ2v) is 4.19. The standard InChI is InChI=1S/C13H20N2O4/c1-3-7-15(10-12(16)17)13(18)14(4-2)9-11-6-5-8-19-11/h5-6,8H,3-4,7,9-10H2,1-2H3,(H,16,17). The molecule has 1 aromatic heterocycles. The maximum atomic E-state index is 12.3. The quantitative estimate of drug-likeness (QED) is 0.821. The smallest absolute Gasteiger partial charge is 0.323 e. The van der Waals surface area contributed by atoms with E-state index in [-0.39, 0.29) is 12.6 Å². The Bertz CT molecular complexity index is 403. The van der Waals surface area contributed by atoms with Gasteiger partial charge in [0.25, 0.3) is 0 Å². The van der Waals surface area contributed by atoms with Gasteiger partial charge in [-0.1, -0.05) is 6.92 Å². The molecule has 0 saturated carbocycles. The average molecular weight is 268 g/mol. The minimum absolute atomic E-state index is 0.275. The number of nitrogens with zero attached hydrogens (tertiary/aromatic N) is 2. The lowest BCUT2D eigenvalue weighted by Crippen LogP contribution is -2.45. The van der Waals surface area contributed by atoms with Crippen molar-refractivity contribution in [2.75, 3.05) is 19.6 Å². The Morgan fingerprint density at radius 2 is 2.05 bits per heavy atom. The number of amides is 2. The molecule has 1 N–H and O–H groups in total. The van der Waals surface area contributed by atoms with Gasteiger partial charge in [0.2, 0.25) is 0 Å². The van der Waals surface area contributed by atoms with Crippen LogP contribution >= 0.6 is 0 Å². The largest absolute Gasteiger partial charge is 0.480 e. The minimum atomic E-state index is -1.00. The zero-order chi connectivity index (χ0) is 14.3. The molecule has 0 bridgehead atoms. The highest BCUT2D eigenvalue weighted by molar-refractivity contribution is 5.80. The van der Waals surface area contributed by atoms with Gasteiger partial charge in [-0.05, 0) is 25.5 Å². The molecule has 0 aromatic carbocycles. The molecule has 1 aromatic rings. The number of aliphatic carboxylic acids is 1. The molecule has 0 radical (unpaired) electrons. The van der Waals surface area contributed by atoms with Crippen LogP contribution in [0, 0.1) is 0 Å². The molecule has 0 fully saturated rings. The average Bonchev–Trinajstić information content (AvgIpc) is 2.87. The van der Waals surface area contributed by atoms with Gasteiger partial charge in [0.15, 0.2) is 0 Å². The van der Waals surface area contributed by atoms with Gasteiger partial charge in [0.05, 0.1) is 12.8 Å². The summed E-state index contributed by atoms with van der Waals surface area (Å²) in [5.41, 5.74) is 0. The summed E-state index contributed by atoms with van der Waals surface area (Å²) in [5, 5.41) is 8.84. The summed E-state index contributed by atoms with van der Waals surface area (Å²) in [5.74, 6) is -0.321. The van der Waals surface area contributed by atoms with E-state index >= 15 is 0 Å². The predicted molar refractivity (Wildman–Crippen MR) is 69.7 cm³/mol. The molecule has 0 aliphatic rings. The third-order valence-corrected chi connectivity index (χ3v) is 2.67. The number of carbonyl (C=O) groups is 2. The van der Waals surface area contributed by atoms with Crippen LogP contribution in [0.2, 0.25) is 0 Å². The molecule has 1 heterocycles. The molecule has 0 saturated heterocycles. The normalized spacial score (nSPS) is 10.2. The zero-order valence-corrected chi connectivity index (χ0v) is 11.3. The highest BCUT2D eigenvalue weighted by atomic mass is 16.4. The maximum Gasteiger partial charge on any atom is 0.323 e. The van der Waals surface area contributed by atoms with Crippen molar-refractivity contribution in [1.29, 1.82) is 0 Å². The van der Waals surface area contributed by atoms with Crippen molar-refractivity contribution in [2.45, 2.75) is 26.8 Å². The van der Waals surface area contributed by atoms with E-state index in [1.54, 1.807) is 23.3 Å². The number of rotatable bonds is 7. The SMILES string of the molecule is CCCN(CC(=O)O)C(=O)N(CC)Cc1ccco1. The minimum Gasteiger partial charge on any atom is -0.480 e. The molecule has 2 amide bonds. The van der Waals surface area contributed by atoms with E-state index in [0.29, 0.717) is 25.4 Å². The molecule has 0 aliphatic heterocycles. The van der Waals surface area contributed by atoms with Crippen molar-refractivity contribution < 1.29 is 19.1 Å². The predicted octanol–water partition coefficient (Wildman–Crippen LogP) is 2.02. The van der Waals surface area contributed by atoms with Crippen molar-refractivity contribution >= 4 is 12.0 Å². The van der Waals surface area contributed by atoms with Crippen molar-refractivity contribution in [3.8, 4) is 0 Å². The van der Waals surface area contributed by atoms with E-state index in [0.717, 1.165) is 6.42 Å². The lowest BCUT2D eigenvalue weighted by Gasteiger charge is -2.28. The zero-order valence-electron chi connectivity index (χ0n) is 11.3. The van der Waals surface area contributed by atoms with E-state index in [2.05, 4.69) is 0 Å². The second-order valence-electron chi connectivity index (χ2n) is 4.19.